The molecule has 1 aromatic rings. The van der Waals surface area contributed by atoms with Gasteiger partial charge in [0.25, 0.3) is 5.70 Å². The molecule has 1 aliphatic rings. The summed E-state index contributed by atoms with van der Waals surface area (Å²) in [6.07, 6.45) is 1.84. The van der Waals surface area contributed by atoms with Crippen LogP contribution in [0.3, 0.4) is 0 Å². The molecule has 1 aliphatic carbocycles. The van der Waals surface area contributed by atoms with E-state index in [1.165, 1.54) is 0 Å². The fourth-order valence-electron chi connectivity index (χ4n) is 2.27. The molecule has 0 aliphatic heterocycles. The summed E-state index contributed by atoms with van der Waals surface area (Å²) in [5.74, 6) is -0.109. The Morgan fingerprint density at radius 2 is 1.90 bits per heavy atom. The Morgan fingerprint density at radius 3 is 2.40 bits per heavy atom. The van der Waals surface area contributed by atoms with Crippen molar-refractivity contribution in [3.8, 4) is 6.07 Å². The van der Waals surface area contributed by atoms with Gasteiger partial charge in [-0.25, -0.2) is 10.1 Å². The van der Waals surface area contributed by atoms with Gasteiger partial charge in [0.05, 0.1) is 12.6 Å². The molecule has 0 unspecified atom stereocenters. The highest BCUT2D eigenvalue weighted by Gasteiger charge is 2.32. The lowest BCUT2D eigenvalue weighted by molar-refractivity contribution is 0.104. The van der Waals surface area contributed by atoms with Crippen LogP contribution in [-0.2, 0) is 0 Å². The van der Waals surface area contributed by atoms with E-state index in [2.05, 4.69) is 4.85 Å². The number of ketones is 1. The predicted octanol–water partition coefficient (Wildman–Crippen LogP) is 4.01. The molecule has 0 bridgehead atoms. The average Bonchev–Trinajstić information content (AvgIpc) is 2.65. The zero-order valence-electron chi connectivity index (χ0n) is 11.7. The number of carbonyl (C=O) groups is 1. The number of fused-ring (bicyclic) bond motifs is 1. The lowest BCUT2D eigenvalue weighted by Crippen LogP contribution is -2.05. The van der Waals surface area contributed by atoms with Gasteiger partial charge in [0.2, 0.25) is 0 Å². The second-order valence-corrected chi connectivity index (χ2v) is 5.75. The van der Waals surface area contributed by atoms with Crippen LogP contribution in [0.15, 0.2) is 41.6 Å². The fraction of sp³-hybridized carbons (Fsp3) is 0.235. The monoisotopic (exact) mass is 262 g/mol. The zero-order chi connectivity index (χ0) is 14.9. The Bertz CT molecular complexity index is 715. The van der Waals surface area contributed by atoms with Crippen LogP contribution in [0.4, 0.5) is 0 Å². The molecule has 0 heterocycles. The summed E-state index contributed by atoms with van der Waals surface area (Å²) >= 11 is 0. The largest absolute Gasteiger partial charge is 0.289 e. The van der Waals surface area contributed by atoms with Crippen molar-refractivity contribution < 1.29 is 4.79 Å². The summed E-state index contributed by atoms with van der Waals surface area (Å²) in [6, 6.07) is 9.03. The molecule has 3 nitrogen and oxygen atoms in total. The lowest BCUT2D eigenvalue weighted by Gasteiger charge is -2.14. The number of carbonyl (C=O) groups excluding carboxylic acids is 1. The minimum atomic E-state index is -0.207. The molecule has 3 heteroatoms. The number of rotatable bonds is 0. The molecular formula is C17H14N2O. The quantitative estimate of drug-likeness (QED) is 0.403. The third-order valence-corrected chi connectivity index (χ3v) is 2.99. The van der Waals surface area contributed by atoms with E-state index < -0.39 is 0 Å². The van der Waals surface area contributed by atoms with E-state index in [1.54, 1.807) is 18.2 Å². The first kappa shape index (κ1) is 13.8. The van der Waals surface area contributed by atoms with Crippen LogP contribution < -0.4 is 0 Å². The fourth-order valence-corrected chi connectivity index (χ4v) is 2.27. The summed E-state index contributed by atoms with van der Waals surface area (Å²) in [7, 11) is 0. The molecular weight excluding hydrogens is 248 g/mol. The Labute approximate surface area is 118 Å². The third kappa shape index (κ3) is 2.27. The van der Waals surface area contributed by atoms with Gasteiger partial charge in [-0.05, 0) is 11.0 Å². The first-order valence-electron chi connectivity index (χ1n) is 6.28. The van der Waals surface area contributed by atoms with Crippen molar-refractivity contribution >= 4 is 11.4 Å². The summed E-state index contributed by atoms with van der Waals surface area (Å²) in [5.41, 5.74) is 1.94. The van der Waals surface area contributed by atoms with Crippen LogP contribution in [0.25, 0.3) is 10.4 Å². The van der Waals surface area contributed by atoms with Gasteiger partial charge in [-0.3, -0.25) is 4.79 Å². The molecule has 0 atom stereocenters. The van der Waals surface area contributed by atoms with Crippen molar-refractivity contribution in [3.05, 3.63) is 64.2 Å². The van der Waals surface area contributed by atoms with E-state index in [1.807, 2.05) is 39.0 Å². The molecule has 20 heavy (non-hydrogen) atoms. The number of benzene rings is 1. The highest BCUT2D eigenvalue weighted by atomic mass is 16.1. The van der Waals surface area contributed by atoms with Crippen LogP contribution in [-0.4, -0.2) is 5.78 Å². The van der Waals surface area contributed by atoms with Gasteiger partial charge in [-0.15, -0.1) is 0 Å². The minimum Gasteiger partial charge on any atom is -0.289 e. The maximum absolute atomic E-state index is 12.5. The van der Waals surface area contributed by atoms with Crippen molar-refractivity contribution in [1.29, 1.82) is 5.26 Å². The normalized spacial score (nSPS) is 18.4. The molecule has 0 aromatic heterocycles. The van der Waals surface area contributed by atoms with E-state index in [-0.39, 0.29) is 16.9 Å². The Morgan fingerprint density at radius 1 is 1.30 bits per heavy atom. The lowest BCUT2D eigenvalue weighted by atomic mass is 9.90. The zero-order valence-corrected chi connectivity index (χ0v) is 11.7. The predicted molar refractivity (Wildman–Crippen MR) is 77.4 cm³/mol. The molecule has 0 saturated carbocycles. The molecule has 1 aromatic carbocycles. The van der Waals surface area contributed by atoms with E-state index in [0.29, 0.717) is 22.3 Å². The topological polar surface area (TPSA) is 45.2 Å². The summed E-state index contributed by atoms with van der Waals surface area (Å²) < 4.78 is 0. The standard InChI is InChI=1S/C17H14N2O/c1-17(2,3)9-13-15(14(10-18)19-4)11-7-5-6-8-12(11)16(13)20/h5-9H,1-3H3/b13-9-,15-14?. The van der Waals surface area contributed by atoms with Gasteiger partial charge in [0, 0.05) is 16.7 Å². The molecule has 2 rings (SSSR count). The maximum Gasteiger partial charge on any atom is 0.270 e. The number of nitrogens with zero attached hydrogens (tertiary/aromatic N) is 2. The van der Waals surface area contributed by atoms with Gasteiger partial charge in [-0.2, -0.15) is 0 Å². The van der Waals surface area contributed by atoms with Gasteiger partial charge in [-0.1, -0.05) is 51.1 Å². The van der Waals surface area contributed by atoms with Crippen LogP contribution in [0.2, 0.25) is 0 Å². The SMILES string of the molecule is [C-]#[N+]C(C#N)=C1/C(=C/C(C)(C)C)C(=O)c2ccccc21. The maximum atomic E-state index is 12.5. The van der Waals surface area contributed by atoms with Crippen molar-refractivity contribution in [3.63, 3.8) is 0 Å². The molecule has 0 spiro atoms. The summed E-state index contributed by atoms with van der Waals surface area (Å²) in [6.45, 7) is 13.1. The first-order chi connectivity index (χ1) is 9.39. The van der Waals surface area contributed by atoms with Crippen LogP contribution >= 0.6 is 0 Å². The summed E-state index contributed by atoms with van der Waals surface area (Å²) in [4.78, 5) is 15.8. The van der Waals surface area contributed by atoms with Gasteiger partial charge >= 0.3 is 0 Å². The number of Topliss-reactive ketones (excluding diaryl/α,β-unsaturated/α-hetero) is 1. The Balaban J connectivity index is 2.83. The highest BCUT2D eigenvalue weighted by Crippen LogP contribution is 2.40. The molecule has 0 amide bonds. The van der Waals surface area contributed by atoms with Crippen molar-refractivity contribution in [2.45, 2.75) is 20.8 Å². The minimum absolute atomic E-state index is 0.0289. The Kier molecular flexibility index (Phi) is 3.30. The average molecular weight is 262 g/mol. The van der Waals surface area contributed by atoms with Crippen molar-refractivity contribution in [2.75, 3.05) is 0 Å². The molecule has 0 fully saturated rings. The van der Waals surface area contributed by atoms with Crippen molar-refractivity contribution in [2.24, 2.45) is 5.41 Å². The third-order valence-electron chi connectivity index (χ3n) is 2.99. The highest BCUT2D eigenvalue weighted by molar-refractivity contribution is 6.27. The van der Waals surface area contributed by atoms with Gasteiger partial charge < -0.3 is 0 Å². The van der Waals surface area contributed by atoms with Crippen molar-refractivity contribution in [1.82, 2.24) is 0 Å². The number of hydrogen-bond donors (Lipinski definition) is 0. The second kappa shape index (κ2) is 4.79. The molecule has 0 radical (unpaired) electrons. The smallest absolute Gasteiger partial charge is 0.270 e. The van der Waals surface area contributed by atoms with Crippen LogP contribution in [0.5, 0.6) is 0 Å². The van der Waals surface area contributed by atoms with E-state index >= 15 is 0 Å². The molecule has 0 N–H and O–H groups in total. The molecule has 0 saturated heterocycles. The first-order valence-corrected chi connectivity index (χ1v) is 6.28. The van der Waals surface area contributed by atoms with Crippen LogP contribution in [0, 0.1) is 23.3 Å². The van der Waals surface area contributed by atoms with Crippen LogP contribution in [0.1, 0.15) is 36.7 Å². The second-order valence-electron chi connectivity index (χ2n) is 5.75. The van der Waals surface area contributed by atoms with Gasteiger partial charge in [0.15, 0.2) is 5.78 Å². The van der Waals surface area contributed by atoms with E-state index in [9.17, 15) is 4.79 Å². The van der Waals surface area contributed by atoms with E-state index in [4.69, 9.17) is 11.8 Å². The number of allylic oxidation sites excluding steroid dienone is 4. The van der Waals surface area contributed by atoms with E-state index in [0.717, 1.165) is 0 Å². The van der Waals surface area contributed by atoms with Gasteiger partial charge in [0.1, 0.15) is 0 Å². The Hall–Kier alpha value is -2.65. The summed E-state index contributed by atoms with van der Waals surface area (Å²) in [5, 5.41) is 9.15. The number of hydrogen-bond acceptors (Lipinski definition) is 2. The molecule has 98 valence electrons. The number of nitriles is 1.